The summed E-state index contributed by atoms with van der Waals surface area (Å²) < 4.78 is 0. The molecule has 1 unspecified atom stereocenters. The standard InChI is InChI=1S/C16H29N3O3/c1-14(21)17-9-4-3-8-15(16(22)18-10-7-13-20)19-11-5-2-6-12-19/h13,15H,2-12H2,1H3,(H,17,21)(H,18,22). The Labute approximate surface area is 133 Å². The van der Waals surface area contributed by atoms with E-state index in [9.17, 15) is 14.4 Å². The molecular weight excluding hydrogens is 282 g/mol. The van der Waals surface area contributed by atoms with Gasteiger partial charge in [-0.25, -0.2) is 0 Å². The monoisotopic (exact) mass is 311 g/mol. The number of aldehydes is 1. The van der Waals surface area contributed by atoms with Gasteiger partial charge in [0.1, 0.15) is 6.29 Å². The summed E-state index contributed by atoms with van der Waals surface area (Å²) in [5.41, 5.74) is 0. The molecule has 1 aliphatic rings. The summed E-state index contributed by atoms with van der Waals surface area (Å²) in [6.07, 6.45) is 7.29. The molecule has 22 heavy (non-hydrogen) atoms. The Morgan fingerprint density at radius 2 is 1.82 bits per heavy atom. The van der Waals surface area contributed by atoms with Crippen molar-refractivity contribution in [1.29, 1.82) is 0 Å². The highest BCUT2D eigenvalue weighted by Gasteiger charge is 2.26. The molecule has 1 heterocycles. The number of carbonyl (C=O) groups is 3. The molecule has 1 aliphatic heterocycles. The van der Waals surface area contributed by atoms with Crippen LogP contribution in [0.4, 0.5) is 0 Å². The molecule has 0 aromatic rings. The lowest BCUT2D eigenvalue weighted by molar-refractivity contribution is -0.127. The lowest BCUT2D eigenvalue weighted by atomic mass is 10.0. The fraction of sp³-hybridized carbons (Fsp3) is 0.812. The van der Waals surface area contributed by atoms with Gasteiger partial charge in [-0.1, -0.05) is 6.42 Å². The van der Waals surface area contributed by atoms with Crippen molar-refractivity contribution in [3.8, 4) is 0 Å². The highest BCUT2D eigenvalue weighted by atomic mass is 16.2. The van der Waals surface area contributed by atoms with Crippen LogP contribution in [-0.2, 0) is 14.4 Å². The number of piperidine rings is 1. The van der Waals surface area contributed by atoms with Crippen LogP contribution in [-0.4, -0.2) is 55.2 Å². The summed E-state index contributed by atoms with van der Waals surface area (Å²) in [5.74, 6) is 0.0162. The van der Waals surface area contributed by atoms with E-state index in [0.29, 0.717) is 19.5 Å². The van der Waals surface area contributed by atoms with E-state index in [0.717, 1.165) is 51.5 Å². The lowest BCUT2D eigenvalue weighted by Crippen LogP contribution is -2.49. The van der Waals surface area contributed by atoms with E-state index in [-0.39, 0.29) is 17.9 Å². The topological polar surface area (TPSA) is 78.5 Å². The van der Waals surface area contributed by atoms with Gasteiger partial charge >= 0.3 is 0 Å². The maximum atomic E-state index is 12.4. The predicted octanol–water partition coefficient (Wildman–Crippen LogP) is 0.853. The van der Waals surface area contributed by atoms with Crippen molar-refractivity contribution in [2.75, 3.05) is 26.2 Å². The molecule has 1 rings (SSSR count). The van der Waals surface area contributed by atoms with Crippen LogP contribution in [0.1, 0.15) is 51.9 Å². The predicted molar refractivity (Wildman–Crippen MR) is 85.4 cm³/mol. The van der Waals surface area contributed by atoms with Crippen LogP contribution in [0, 0.1) is 0 Å². The summed E-state index contributed by atoms with van der Waals surface area (Å²) in [6, 6.07) is -0.107. The molecule has 1 atom stereocenters. The van der Waals surface area contributed by atoms with Gasteiger partial charge < -0.3 is 15.4 Å². The van der Waals surface area contributed by atoms with Crippen LogP contribution in [0.2, 0.25) is 0 Å². The number of hydrogen-bond donors (Lipinski definition) is 2. The van der Waals surface area contributed by atoms with Crippen LogP contribution in [0.3, 0.4) is 0 Å². The van der Waals surface area contributed by atoms with Crippen molar-refractivity contribution in [2.24, 2.45) is 0 Å². The fourth-order valence-electron chi connectivity index (χ4n) is 2.81. The molecule has 6 nitrogen and oxygen atoms in total. The van der Waals surface area contributed by atoms with Crippen molar-refractivity contribution in [2.45, 2.75) is 57.9 Å². The van der Waals surface area contributed by atoms with Crippen LogP contribution in [0.25, 0.3) is 0 Å². The molecule has 0 aromatic heterocycles. The SMILES string of the molecule is CC(=O)NCCCCC(C(=O)NCCC=O)N1CCCCC1. The number of hydrogen-bond acceptors (Lipinski definition) is 4. The molecule has 1 fully saturated rings. The molecule has 0 spiro atoms. The normalized spacial score (nSPS) is 16.8. The fourth-order valence-corrected chi connectivity index (χ4v) is 2.81. The maximum Gasteiger partial charge on any atom is 0.237 e. The first-order chi connectivity index (χ1) is 10.6. The van der Waals surface area contributed by atoms with E-state index in [2.05, 4.69) is 15.5 Å². The number of carbonyl (C=O) groups excluding carboxylic acids is 3. The molecule has 126 valence electrons. The molecule has 0 radical (unpaired) electrons. The van der Waals surface area contributed by atoms with E-state index in [4.69, 9.17) is 0 Å². The van der Waals surface area contributed by atoms with E-state index >= 15 is 0 Å². The Kier molecular flexibility index (Phi) is 9.46. The summed E-state index contributed by atoms with van der Waals surface area (Å²) in [6.45, 7) is 4.53. The minimum Gasteiger partial charge on any atom is -0.356 e. The molecule has 0 bridgehead atoms. The molecule has 0 aliphatic carbocycles. The summed E-state index contributed by atoms with van der Waals surface area (Å²) in [4.78, 5) is 35.8. The number of amides is 2. The van der Waals surface area contributed by atoms with Crippen molar-refractivity contribution >= 4 is 18.1 Å². The zero-order valence-electron chi connectivity index (χ0n) is 13.6. The minimum atomic E-state index is -0.107. The minimum absolute atomic E-state index is 0.0146. The van der Waals surface area contributed by atoms with Crippen molar-refractivity contribution < 1.29 is 14.4 Å². The number of likely N-dealkylation sites (tertiary alicyclic amines) is 1. The first kappa shape index (κ1) is 18.6. The lowest BCUT2D eigenvalue weighted by Gasteiger charge is -2.33. The van der Waals surface area contributed by atoms with E-state index < -0.39 is 0 Å². The van der Waals surface area contributed by atoms with Crippen molar-refractivity contribution in [3.05, 3.63) is 0 Å². The van der Waals surface area contributed by atoms with Crippen molar-refractivity contribution in [1.82, 2.24) is 15.5 Å². The smallest absolute Gasteiger partial charge is 0.237 e. The molecule has 6 heteroatoms. The Balaban J connectivity index is 2.40. The molecule has 2 amide bonds. The second kappa shape index (κ2) is 11.2. The Morgan fingerprint density at radius 3 is 2.45 bits per heavy atom. The Morgan fingerprint density at radius 1 is 1.09 bits per heavy atom. The summed E-state index contributed by atoms with van der Waals surface area (Å²) in [7, 11) is 0. The van der Waals surface area contributed by atoms with E-state index in [1.807, 2.05) is 0 Å². The van der Waals surface area contributed by atoms with E-state index in [1.54, 1.807) is 0 Å². The summed E-state index contributed by atoms with van der Waals surface area (Å²) >= 11 is 0. The second-order valence-corrected chi connectivity index (χ2v) is 5.84. The van der Waals surface area contributed by atoms with Crippen LogP contribution in [0.5, 0.6) is 0 Å². The molecule has 0 saturated carbocycles. The molecular formula is C16H29N3O3. The molecule has 2 N–H and O–H groups in total. The van der Waals surface area contributed by atoms with Crippen molar-refractivity contribution in [3.63, 3.8) is 0 Å². The maximum absolute atomic E-state index is 12.4. The molecule has 0 aromatic carbocycles. The van der Waals surface area contributed by atoms with Gasteiger partial charge in [0, 0.05) is 26.4 Å². The van der Waals surface area contributed by atoms with Gasteiger partial charge in [0.05, 0.1) is 6.04 Å². The average Bonchev–Trinajstić information content (AvgIpc) is 2.51. The van der Waals surface area contributed by atoms with Gasteiger partial charge in [0.15, 0.2) is 0 Å². The second-order valence-electron chi connectivity index (χ2n) is 5.84. The van der Waals surface area contributed by atoms with Gasteiger partial charge in [0.2, 0.25) is 11.8 Å². The third-order valence-corrected chi connectivity index (χ3v) is 3.97. The highest BCUT2D eigenvalue weighted by molar-refractivity contribution is 5.81. The van der Waals surface area contributed by atoms with E-state index in [1.165, 1.54) is 13.3 Å². The average molecular weight is 311 g/mol. The number of nitrogens with one attached hydrogen (secondary N) is 2. The van der Waals surface area contributed by atoms with Gasteiger partial charge in [-0.05, 0) is 45.2 Å². The van der Waals surface area contributed by atoms with Crippen LogP contribution >= 0.6 is 0 Å². The number of nitrogens with zero attached hydrogens (tertiary/aromatic N) is 1. The van der Waals surface area contributed by atoms with Gasteiger partial charge in [0.25, 0.3) is 0 Å². The molecule has 1 saturated heterocycles. The first-order valence-corrected chi connectivity index (χ1v) is 8.35. The third-order valence-electron chi connectivity index (χ3n) is 3.97. The van der Waals surface area contributed by atoms with Gasteiger partial charge in [-0.2, -0.15) is 0 Å². The largest absolute Gasteiger partial charge is 0.356 e. The first-order valence-electron chi connectivity index (χ1n) is 8.35. The quantitative estimate of drug-likeness (QED) is 0.463. The highest BCUT2D eigenvalue weighted by Crippen LogP contribution is 2.16. The Bertz CT molecular complexity index is 355. The van der Waals surface area contributed by atoms with Gasteiger partial charge in [-0.3, -0.25) is 14.5 Å². The van der Waals surface area contributed by atoms with Gasteiger partial charge in [-0.15, -0.1) is 0 Å². The van der Waals surface area contributed by atoms with Crippen LogP contribution < -0.4 is 10.6 Å². The number of unbranched alkanes of at least 4 members (excludes halogenated alkanes) is 1. The number of rotatable bonds is 10. The van der Waals surface area contributed by atoms with Crippen LogP contribution in [0.15, 0.2) is 0 Å². The zero-order chi connectivity index (χ0) is 16.2. The summed E-state index contributed by atoms with van der Waals surface area (Å²) in [5, 5.41) is 5.64. The Hall–Kier alpha value is -1.43. The third kappa shape index (κ3) is 7.54. The zero-order valence-corrected chi connectivity index (χ0v) is 13.6.